The zero-order valence-corrected chi connectivity index (χ0v) is 14.7. The molecule has 1 aromatic heterocycles. The van der Waals surface area contributed by atoms with Gasteiger partial charge in [0, 0.05) is 30.1 Å². The number of pyridine rings is 1. The fourth-order valence-corrected chi connectivity index (χ4v) is 3.21. The van der Waals surface area contributed by atoms with Gasteiger partial charge in [0.15, 0.2) is 11.6 Å². The summed E-state index contributed by atoms with van der Waals surface area (Å²) in [5.74, 6) is -0.733. The van der Waals surface area contributed by atoms with Gasteiger partial charge in [-0.15, -0.1) is 0 Å². The molecule has 3 N–H and O–H groups in total. The summed E-state index contributed by atoms with van der Waals surface area (Å²) < 4.78 is 19.8. The van der Waals surface area contributed by atoms with Gasteiger partial charge in [-0.3, -0.25) is 4.79 Å². The molecule has 0 spiro atoms. The van der Waals surface area contributed by atoms with Gasteiger partial charge in [0.05, 0.1) is 5.56 Å². The van der Waals surface area contributed by atoms with Gasteiger partial charge in [0.2, 0.25) is 11.8 Å². The summed E-state index contributed by atoms with van der Waals surface area (Å²) in [6.45, 7) is 0. The largest absolute Gasteiger partial charge is 0.436 e. The third-order valence-electron chi connectivity index (χ3n) is 4.64. The van der Waals surface area contributed by atoms with E-state index >= 15 is 0 Å². The molecule has 1 aliphatic carbocycles. The third-order valence-corrected chi connectivity index (χ3v) is 4.64. The number of benzene rings is 1. The first kappa shape index (κ1) is 18.2. The van der Waals surface area contributed by atoms with E-state index in [1.165, 1.54) is 56.5 Å². The van der Waals surface area contributed by atoms with E-state index in [0.29, 0.717) is 6.04 Å². The second-order valence-electron chi connectivity index (χ2n) is 6.68. The number of carbonyl (C=O) groups is 1. The number of nitrogens with two attached hydrogens (primary N) is 1. The van der Waals surface area contributed by atoms with Gasteiger partial charge in [-0.25, -0.2) is 9.37 Å². The van der Waals surface area contributed by atoms with Gasteiger partial charge in [0.1, 0.15) is 0 Å². The standard InChI is InChI=1S/C20H24FN3O2/c21-17-12-16(24-15-6-4-2-1-3-5-7-15)9-10-18(17)26-19-11-8-14(13-23-19)20(22)25/h8-13,15,24H,1-7H2,(H2,22,25). The van der Waals surface area contributed by atoms with Crippen LogP contribution in [-0.2, 0) is 0 Å². The maximum atomic E-state index is 14.4. The monoisotopic (exact) mass is 357 g/mol. The average molecular weight is 357 g/mol. The Kier molecular flexibility index (Phi) is 6.04. The molecule has 1 aliphatic rings. The molecule has 26 heavy (non-hydrogen) atoms. The molecule has 0 atom stereocenters. The number of carbonyl (C=O) groups excluding carboxylic acids is 1. The molecule has 3 rings (SSSR count). The average Bonchev–Trinajstić information content (AvgIpc) is 2.60. The second-order valence-corrected chi connectivity index (χ2v) is 6.68. The first-order valence-corrected chi connectivity index (χ1v) is 9.11. The Morgan fingerprint density at radius 2 is 1.85 bits per heavy atom. The molecule has 1 saturated carbocycles. The molecular formula is C20H24FN3O2. The van der Waals surface area contributed by atoms with Crippen molar-refractivity contribution in [2.75, 3.05) is 5.32 Å². The first-order valence-electron chi connectivity index (χ1n) is 9.11. The van der Waals surface area contributed by atoms with Gasteiger partial charge >= 0.3 is 0 Å². The summed E-state index contributed by atoms with van der Waals surface area (Å²) in [6.07, 6.45) is 9.86. The van der Waals surface area contributed by atoms with E-state index in [-0.39, 0.29) is 17.2 Å². The normalized spacial score (nSPS) is 15.7. The van der Waals surface area contributed by atoms with Crippen LogP contribution in [-0.4, -0.2) is 16.9 Å². The Balaban J connectivity index is 1.64. The molecule has 1 heterocycles. The number of primary amides is 1. The first-order chi connectivity index (χ1) is 12.6. The van der Waals surface area contributed by atoms with Crippen LogP contribution in [0.4, 0.5) is 10.1 Å². The fourth-order valence-electron chi connectivity index (χ4n) is 3.21. The number of ether oxygens (including phenoxy) is 1. The van der Waals surface area contributed by atoms with E-state index < -0.39 is 11.7 Å². The minimum Gasteiger partial charge on any atom is -0.436 e. The van der Waals surface area contributed by atoms with Crippen LogP contribution in [0, 0.1) is 5.82 Å². The Morgan fingerprint density at radius 1 is 1.12 bits per heavy atom. The molecule has 0 unspecified atom stereocenters. The van der Waals surface area contributed by atoms with Crippen molar-refractivity contribution in [1.82, 2.24) is 4.98 Å². The van der Waals surface area contributed by atoms with Crippen molar-refractivity contribution in [3.63, 3.8) is 0 Å². The predicted octanol–water partition coefficient (Wildman–Crippen LogP) is 4.64. The molecule has 0 bridgehead atoms. The van der Waals surface area contributed by atoms with Gasteiger partial charge in [0.25, 0.3) is 0 Å². The molecule has 6 heteroatoms. The summed E-state index contributed by atoms with van der Waals surface area (Å²) in [6, 6.07) is 8.22. The molecule has 1 aromatic carbocycles. The lowest BCUT2D eigenvalue weighted by molar-refractivity contribution is 0.1000. The minimum absolute atomic E-state index is 0.0903. The summed E-state index contributed by atoms with van der Waals surface area (Å²) >= 11 is 0. The predicted molar refractivity (Wildman–Crippen MR) is 99.0 cm³/mol. The van der Waals surface area contributed by atoms with Crippen LogP contribution in [0.1, 0.15) is 55.3 Å². The molecule has 1 fully saturated rings. The van der Waals surface area contributed by atoms with Crippen LogP contribution in [0.15, 0.2) is 36.5 Å². The quantitative estimate of drug-likeness (QED) is 0.817. The van der Waals surface area contributed by atoms with Crippen LogP contribution in [0.2, 0.25) is 0 Å². The Bertz CT molecular complexity index is 741. The van der Waals surface area contributed by atoms with Crippen LogP contribution >= 0.6 is 0 Å². The smallest absolute Gasteiger partial charge is 0.250 e. The Labute approximate surface area is 152 Å². The molecule has 2 aromatic rings. The molecular weight excluding hydrogens is 333 g/mol. The third kappa shape index (κ3) is 4.94. The maximum absolute atomic E-state index is 14.4. The Morgan fingerprint density at radius 3 is 2.46 bits per heavy atom. The van der Waals surface area contributed by atoms with E-state index in [1.54, 1.807) is 6.07 Å². The number of nitrogens with zero attached hydrogens (tertiary/aromatic N) is 1. The summed E-state index contributed by atoms with van der Waals surface area (Å²) in [4.78, 5) is 15.0. The van der Waals surface area contributed by atoms with Crippen molar-refractivity contribution in [2.45, 2.75) is 51.0 Å². The molecule has 0 radical (unpaired) electrons. The summed E-state index contributed by atoms with van der Waals surface area (Å²) in [7, 11) is 0. The molecule has 0 saturated heterocycles. The fraction of sp³-hybridized carbons (Fsp3) is 0.400. The van der Waals surface area contributed by atoms with Crippen molar-refractivity contribution in [3.8, 4) is 11.6 Å². The van der Waals surface area contributed by atoms with Crippen LogP contribution < -0.4 is 15.8 Å². The highest BCUT2D eigenvalue weighted by molar-refractivity contribution is 5.92. The number of halogens is 1. The molecule has 138 valence electrons. The van der Waals surface area contributed by atoms with Gasteiger partial charge in [-0.2, -0.15) is 0 Å². The van der Waals surface area contributed by atoms with E-state index in [4.69, 9.17) is 10.5 Å². The van der Waals surface area contributed by atoms with E-state index in [2.05, 4.69) is 10.3 Å². The van der Waals surface area contributed by atoms with Crippen LogP contribution in [0.25, 0.3) is 0 Å². The molecule has 5 nitrogen and oxygen atoms in total. The Hall–Kier alpha value is -2.63. The van der Waals surface area contributed by atoms with Crippen molar-refractivity contribution in [1.29, 1.82) is 0 Å². The van der Waals surface area contributed by atoms with Crippen molar-refractivity contribution in [2.24, 2.45) is 5.73 Å². The minimum atomic E-state index is -0.570. The van der Waals surface area contributed by atoms with Crippen LogP contribution in [0.5, 0.6) is 11.6 Å². The van der Waals surface area contributed by atoms with Gasteiger partial charge in [-0.1, -0.05) is 32.1 Å². The second kappa shape index (κ2) is 8.65. The highest BCUT2D eigenvalue weighted by Crippen LogP contribution is 2.27. The molecule has 1 amide bonds. The number of anilines is 1. The zero-order chi connectivity index (χ0) is 18.4. The van der Waals surface area contributed by atoms with E-state index in [1.807, 2.05) is 6.07 Å². The number of hydrogen-bond acceptors (Lipinski definition) is 4. The van der Waals surface area contributed by atoms with Gasteiger partial charge < -0.3 is 15.8 Å². The zero-order valence-electron chi connectivity index (χ0n) is 14.7. The van der Waals surface area contributed by atoms with E-state index in [9.17, 15) is 9.18 Å². The van der Waals surface area contributed by atoms with Crippen LogP contribution in [0.3, 0.4) is 0 Å². The topological polar surface area (TPSA) is 77.2 Å². The lowest BCUT2D eigenvalue weighted by atomic mass is 9.96. The SMILES string of the molecule is NC(=O)c1ccc(Oc2ccc(NC3CCCCCCC3)cc2F)nc1. The highest BCUT2D eigenvalue weighted by atomic mass is 19.1. The number of aromatic nitrogens is 1. The van der Waals surface area contributed by atoms with Gasteiger partial charge in [-0.05, 0) is 31.0 Å². The van der Waals surface area contributed by atoms with Crippen molar-refractivity contribution in [3.05, 3.63) is 47.9 Å². The lowest BCUT2D eigenvalue weighted by Gasteiger charge is -2.22. The van der Waals surface area contributed by atoms with Crippen molar-refractivity contribution < 1.29 is 13.9 Å². The number of amides is 1. The van der Waals surface area contributed by atoms with Crippen molar-refractivity contribution >= 4 is 11.6 Å². The lowest BCUT2D eigenvalue weighted by Crippen LogP contribution is -2.20. The highest BCUT2D eigenvalue weighted by Gasteiger charge is 2.13. The van der Waals surface area contributed by atoms with E-state index in [0.717, 1.165) is 18.5 Å². The number of nitrogens with one attached hydrogen (secondary N) is 1. The number of hydrogen-bond donors (Lipinski definition) is 2. The maximum Gasteiger partial charge on any atom is 0.250 e. The number of rotatable bonds is 5. The summed E-state index contributed by atoms with van der Waals surface area (Å²) in [5.41, 5.74) is 6.20. The molecule has 0 aliphatic heterocycles. The summed E-state index contributed by atoms with van der Waals surface area (Å²) in [5, 5.41) is 3.44.